The summed E-state index contributed by atoms with van der Waals surface area (Å²) in [5, 5.41) is 3.66. The Hall–Kier alpha value is -0.670. The Labute approximate surface area is 106 Å². The Bertz CT molecular complexity index is 395. The van der Waals surface area contributed by atoms with E-state index in [4.69, 9.17) is 0 Å². The monoisotopic (exact) mass is 251 g/mol. The summed E-state index contributed by atoms with van der Waals surface area (Å²) in [7, 11) is -0.565. The van der Waals surface area contributed by atoms with Gasteiger partial charge in [-0.3, -0.25) is 4.21 Å². The molecule has 1 aromatic carbocycles. The van der Waals surface area contributed by atoms with Crippen LogP contribution >= 0.6 is 0 Å². The van der Waals surface area contributed by atoms with Crippen molar-refractivity contribution in [1.29, 1.82) is 0 Å². The highest BCUT2D eigenvalue weighted by atomic mass is 32.2. The van der Waals surface area contributed by atoms with E-state index in [9.17, 15) is 4.21 Å². The maximum absolute atomic E-state index is 11.3. The maximum atomic E-state index is 11.3. The van der Waals surface area contributed by atoms with Gasteiger partial charge in [0.1, 0.15) is 0 Å². The minimum Gasteiger partial charge on any atom is -0.307 e. The zero-order chi connectivity index (χ0) is 12.3. The van der Waals surface area contributed by atoms with Crippen molar-refractivity contribution in [2.75, 3.05) is 11.5 Å². The lowest BCUT2D eigenvalue weighted by Crippen LogP contribution is -2.37. The molecule has 1 N–H and O–H groups in total. The van der Waals surface area contributed by atoms with Crippen molar-refractivity contribution >= 4 is 10.8 Å². The van der Waals surface area contributed by atoms with Gasteiger partial charge in [0.15, 0.2) is 0 Å². The predicted octanol–water partition coefficient (Wildman–Crippen LogP) is 2.56. The van der Waals surface area contributed by atoms with Crippen molar-refractivity contribution in [3.05, 3.63) is 35.4 Å². The molecule has 0 amide bonds. The Morgan fingerprint density at radius 3 is 2.59 bits per heavy atom. The molecule has 1 aliphatic heterocycles. The maximum Gasteiger partial charge on any atom is 0.0296 e. The molecule has 2 nitrogen and oxygen atoms in total. The molecule has 3 heteroatoms. The first-order chi connectivity index (χ1) is 8.16. The predicted molar refractivity (Wildman–Crippen MR) is 73.6 cm³/mol. The number of benzene rings is 1. The van der Waals surface area contributed by atoms with Crippen LogP contribution in [0.1, 0.15) is 36.9 Å². The SMILES string of the molecule is Cc1ccccc1C(C)NC1CCS(=O)CC1. The molecule has 2 rings (SSSR count). The zero-order valence-corrected chi connectivity index (χ0v) is 11.4. The molecule has 0 spiro atoms. The molecule has 0 radical (unpaired) electrons. The van der Waals surface area contributed by atoms with E-state index in [0.29, 0.717) is 12.1 Å². The second kappa shape index (κ2) is 5.78. The molecule has 1 atom stereocenters. The standard InChI is InChI=1S/C14H21NOS/c1-11-5-3-4-6-14(11)12(2)15-13-7-9-17(16)10-8-13/h3-6,12-13,15H,7-10H2,1-2H3. The smallest absolute Gasteiger partial charge is 0.0296 e. The van der Waals surface area contributed by atoms with Crippen molar-refractivity contribution in [2.45, 2.75) is 38.8 Å². The Kier molecular flexibility index (Phi) is 4.35. The molecule has 0 saturated carbocycles. The van der Waals surface area contributed by atoms with E-state index in [1.54, 1.807) is 0 Å². The second-order valence-corrected chi connectivity index (χ2v) is 6.56. The summed E-state index contributed by atoms with van der Waals surface area (Å²) in [6.45, 7) is 4.37. The number of rotatable bonds is 3. The first-order valence-corrected chi connectivity index (χ1v) is 7.82. The lowest BCUT2D eigenvalue weighted by atomic mass is 10.0. The molecule has 1 aromatic rings. The quantitative estimate of drug-likeness (QED) is 0.894. The average Bonchev–Trinajstić information content (AvgIpc) is 2.32. The summed E-state index contributed by atoms with van der Waals surface area (Å²) < 4.78 is 11.3. The molecule has 1 unspecified atom stereocenters. The fourth-order valence-corrected chi connectivity index (χ4v) is 3.78. The lowest BCUT2D eigenvalue weighted by Gasteiger charge is -2.27. The summed E-state index contributed by atoms with van der Waals surface area (Å²) in [5.41, 5.74) is 2.71. The van der Waals surface area contributed by atoms with Crippen molar-refractivity contribution in [1.82, 2.24) is 5.32 Å². The zero-order valence-electron chi connectivity index (χ0n) is 10.6. The van der Waals surface area contributed by atoms with E-state index in [1.165, 1.54) is 11.1 Å². The summed E-state index contributed by atoms with van der Waals surface area (Å²) in [6.07, 6.45) is 2.09. The second-order valence-electron chi connectivity index (χ2n) is 4.87. The highest BCUT2D eigenvalue weighted by Gasteiger charge is 2.20. The Morgan fingerprint density at radius 2 is 1.94 bits per heavy atom. The molecule has 94 valence electrons. The van der Waals surface area contributed by atoms with E-state index in [1.807, 2.05) is 0 Å². The van der Waals surface area contributed by atoms with Crippen LogP contribution in [0, 0.1) is 6.92 Å². The van der Waals surface area contributed by atoms with Gasteiger partial charge in [0.2, 0.25) is 0 Å². The molecule has 1 saturated heterocycles. The van der Waals surface area contributed by atoms with E-state index >= 15 is 0 Å². The summed E-state index contributed by atoms with van der Waals surface area (Å²) in [5.74, 6) is 1.72. The molecule has 0 bridgehead atoms. The van der Waals surface area contributed by atoms with Gasteiger partial charge in [-0.15, -0.1) is 0 Å². The number of nitrogens with one attached hydrogen (secondary N) is 1. The van der Waals surface area contributed by atoms with Gasteiger partial charge < -0.3 is 5.32 Å². The van der Waals surface area contributed by atoms with Gasteiger partial charge >= 0.3 is 0 Å². The summed E-state index contributed by atoms with van der Waals surface area (Å²) in [6, 6.07) is 9.43. The number of hydrogen-bond donors (Lipinski definition) is 1. The molecule has 17 heavy (non-hydrogen) atoms. The van der Waals surface area contributed by atoms with Crippen molar-refractivity contribution in [3.63, 3.8) is 0 Å². The molecule has 0 aliphatic carbocycles. The van der Waals surface area contributed by atoms with Crippen LogP contribution in [0.25, 0.3) is 0 Å². The van der Waals surface area contributed by atoms with E-state index in [-0.39, 0.29) is 0 Å². The normalized spacial score (nSPS) is 26.7. The molecule has 1 fully saturated rings. The Balaban J connectivity index is 1.95. The van der Waals surface area contributed by atoms with Crippen molar-refractivity contribution in [2.24, 2.45) is 0 Å². The third-order valence-electron chi connectivity index (χ3n) is 3.53. The fraction of sp³-hybridized carbons (Fsp3) is 0.571. The minimum absolute atomic E-state index is 0.382. The summed E-state index contributed by atoms with van der Waals surface area (Å²) >= 11 is 0. The van der Waals surface area contributed by atoms with Crippen LogP contribution in [0.4, 0.5) is 0 Å². The van der Waals surface area contributed by atoms with Gasteiger partial charge in [0.05, 0.1) is 0 Å². The number of hydrogen-bond acceptors (Lipinski definition) is 2. The topological polar surface area (TPSA) is 29.1 Å². The van der Waals surface area contributed by atoms with Crippen LogP contribution in [-0.4, -0.2) is 21.8 Å². The van der Waals surface area contributed by atoms with Crippen LogP contribution in [0.15, 0.2) is 24.3 Å². The third kappa shape index (κ3) is 3.39. The first kappa shape index (κ1) is 12.8. The minimum atomic E-state index is -0.565. The van der Waals surface area contributed by atoms with Crippen LogP contribution in [0.5, 0.6) is 0 Å². The van der Waals surface area contributed by atoms with Crippen LogP contribution in [0.3, 0.4) is 0 Å². The van der Waals surface area contributed by atoms with Gasteiger partial charge in [-0.25, -0.2) is 0 Å². The van der Waals surface area contributed by atoms with Gasteiger partial charge in [0.25, 0.3) is 0 Å². The van der Waals surface area contributed by atoms with E-state index in [0.717, 1.165) is 24.3 Å². The van der Waals surface area contributed by atoms with Gasteiger partial charge in [0, 0.05) is 34.4 Å². The first-order valence-electron chi connectivity index (χ1n) is 6.33. The van der Waals surface area contributed by atoms with E-state index in [2.05, 4.69) is 43.4 Å². The van der Waals surface area contributed by atoms with Gasteiger partial charge in [-0.1, -0.05) is 24.3 Å². The van der Waals surface area contributed by atoms with E-state index < -0.39 is 10.8 Å². The van der Waals surface area contributed by atoms with Crippen molar-refractivity contribution in [3.8, 4) is 0 Å². The largest absolute Gasteiger partial charge is 0.307 e. The fourth-order valence-electron chi connectivity index (χ4n) is 2.48. The van der Waals surface area contributed by atoms with Gasteiger partial charge in [-0.2, -0.15) is 0 Å². The molecule has 1 heterocycles. The average molecular weight is 251 g/mol. The summed E-state index contributed by atoms with van der Waals surface area (Å²) in [4.78, 5) is 0. The van der Waals surface area contributed by atoms with Crippen LogP contribution in [0.2, 0.25) is 0 Å². The molecular weight excluding hydrogens is 230 g/mol. The third-order valence-corrected chi connectivity index (χ3v) is 4.91. The van der Waals surface area contributed by atoms with Gasteiger partial charge in [-0.05, 0) is 37.8 Å². The molecular formula is C14H21NOS. The highest BCUT2D eigenvalue weighted by molar-refractivity contribution is 7.85. The Morgan fingerprint density at radius 1 is 1.29 bits per heavy atom. The molecule has 0 aromatic heterocycles. The van der Waals surface area contributed by atoms with Crippen molar-refractivity contribution < 1.29 is 4.21 Å². The highest BCUT2D eigenvalue weighted by Crippen LogP contribution is 2.19. The van der Waals surface area contributed by atoms with Crippen LogP contribution in [-0.2, 0) is 10.8 Å². The number of aryl methyl sites for hydroxylation is 1. The molecule has 1 aliphatic rings. The lowest BCUT2D eigenvalue weighted by molar-refractivity contribution is 0.426. The van der Waals surface area contributed by atoms with Crippen LogP contribution < -0.4 is 5.32 Å².